The molecule has 0 unspecified atom stereocenters. The second-order valence-corrected chi connectivity index (χ2v) is 4.13. The van der Waals surface area contributed by atoms with Gasteiger partial charge in [0.15, 0.2) is 0 Å². The Morgan fingerprint density at radius 1 is 0.474 bits per heavy atom. The fourth-order valence-corrected chi connectivity index (χ4v) is 2.06. The zero-order chi connectivity index (χ0) is 13.8. The van der Waals surface area contributed by atoms with Crippen molar-refractivity contribution >= 4 is 36.2 Å². The maximum atomic E-state index is 13.4. The molecule has 0 bridgehead atoms. The van der Waals surface area contributed by atoms with Crippen LogP contribution < -0.4 is 20.7 Å². The first kappa shape index (κ1) is 16.5. The summed E-state index contributed by atoms with van der Waals surface area (Å²) in [7, 11) is 0. The summed E-state index contributed by atoms with van der Waals surface area (Å²) in [6.45, 7) is 0. The Hall–Kier alpha value is -0.544. The molecule has 0 N–H and O–H groups in total. The van der Waals surface area contributed by atoms with Crippen molar-refractivity contribution in [1.29, 1.82) is 0 Å². The van der Waals surface area contributed by atoms with Gasteiger partial charge in [0.25, 0.3) is 0 Å². The van der Waals surface area contributed by atoms with Crippen molar-refractivity contribution in [3.8, 4) is 0 Å². The molecule has 0 fully saturated rings. The molecule has 0 spiro atoms. The van der Waals surface area contributed by atoms with Gasteiger partial charge in [-0.2, -0.15) is 0 Å². The van der Waals surface area contributed by atoms with E-state index in [4.69, 9.17) is 0 Å². The third-order valence-corrected chi connectivity index (χ3v) is 3.10. The summed E-state index contributed by atoms with van der Waals surface area (Å²) in [6.07, 6.45) is 0. The van der Waals surface area contributed by atoms with E-state index >= 15 is 0 Å². The monoisotopic (exact) mass is 356 g/mol. The zero-order valence-electron chi connectivity index (χ0n) is 8.73. The zero-order valence-corrected chi connectivity index (χ0v) is 11.7. The normalized spacial score (nSPS) is 10.8. The summed E-state index contributed by atoms with van der Waals surface area (Å²) in [5.74, 6) is -14.5. The number of benzene rings is 2. The second kappa shape index (κ2) is 5.45. The van der Waals surface area contributed by atoms with Crippen LogP contribution in [0.5, 0.6) is 0 Å². The molecule has 2 aromatic rings. The summed E-state index contributed by atoms with van der Waals surface area (Å²) >= 11 is 0.564. The fourth-order valence-electron chi connectivity index (χ4n) is 1.57. The van der Waals surface area contributed by atoms with Crippen molar-refractivity contribution in [2.24, 2.45) is 0 Å². The molecule has 9 heteroatoms. The van der Waals surface area contributed by atoms with Crippen molar-refractivity contribution in [1.82, 2.24) is 0 Å². The van der Waals surface area contributed by atoms with Gasteiger partial charge in [0.1, 0.15) is 0 Å². The Morgan fingerprint density at radius 2 is 0.789 bits per heavy atom. The van der Waals surface area contributed by atoms with Crippen LogP contribution in [0.1, 0.15) is 0 Å². The van der Waals surface area contributed by atoms with Gasteiger partial charge in [-0.1, -0.05) is 0 Å². The van der Waals surface area contributed by atoms with Gasteiger partial charge >= 0.3 is 108 Å². The van der Waals surface area contributed by atoms with Crippen molar-refractivity contribution in [2.45, 2.75) is 0 Å². The molecule has 0 aliphatic carbocycles. The first-order valence-corrected chi connectivity index (χ1v) is 5.13. The fraction of sp³-hybridized carbons (Fsp3) is 0. The molecule has 0 heterocycles. The number of fused-ring (bicyclic) bond motifs is 1. The first-order chi connectivity index (χ1) is 8.29. The Labute approximate surface area is 124 Å². The van der Waals surface area contributed by atoms with E-state index in [0.717, 1.165) is 0 Å². The average Bonchev–Trinajstić information content (AvgIpc) is 2.35. The van der Waals surface area contributed by atoms with Gasteiger partial charge in [-0.3, -0.25) is 0 Å². The van der Waals surface area contributed by atoms with Crippen LogP contribution in [0.25, 0.3) is 10.8 Å². The molecule has 0 nitrogen and oxygen atoms in total. The summed E-state index contributed by atoms with van der Waals surface area (Å²) < 4.78 is 91.1. The van der Waals surface area contributed by atoms with Crippen molar-refractivity contribution in [2.75, 3.05) is 0 Å². The minimum atomic E-state index is -2.28. The number of hydrogen-bond acceptors (Lipinski definition) is 0. The molecule has 2 aromatic carbocycles. The van der Waals surface area contributed by atoms with E-state index in [2.05, 4.69) is 0 Å². The van der Waals surface area contributed by atoms with Crippen LogP contribution >= 0.6 is 0 Å². The molecule has 0 radical (unpaired) electrons. The quantitative estimate of drug-likeness (QED) is 0.261. The molecule has 2 rings (SSSR count). The molecule has 19 heavy (non-hydrogen) atoms. The Bertz CT molecular complexity index is 573. The smallest absolute Gasteiger partial charge is 1.00 e. The summed E-state index contributed by atoms with van der Waals surface area (Å²) in [5, 5.41) is -2.60. The molecule has 0 saturated carbocycles. The van der Waals surface area contributed by atoms with Gasteiger partial charge in [-0.25, -0.2) is 0 Å². The SMILES string of the molecule is Fc1c(F)c(F)c2[c]([Mg+])c(F)c(F)c(F)c2c1F.[Br-]. The predicted molar refractivity (Wildman–Crippen MR) is 49.0 cm³/mol. The van der Waals surface area contributed by atoms with Crippen molar-refractivity contribution in [3.05, 3.63) is 40.7 Å². The van der Waals surface area contributed by atoms with Crippen LogP contribution in [-0.4, -0.2) is 21.7 Å². The molecular weight excluding hydrogens is 357 g/mol. The van der Waals surface area contributed by atoms with Crippen molar-refractivity contribution < 1.29 is 47.7 Å². The van der Waals surface area contributed by atoms with Crippen LogP contribution in [0.2, 0.25) is 0 Å². The third-order valence-electron chi connectivity index (χ3n) is 2.44. The third kappa shape index (κ3) is 2.21. The van der Waals surface area contributed by atoms with E-state index in [1.165, 1.54) is 0 Å². The van der Waals surface area contributed by atoms with Gasteiger partial charge in [0.05, 0.1) is 0 Å². The predicted octanol–water partition coefficient (Wildman–Crippen LogP) is -0.389. The minimum absolute atomic E-state index is 0. The Kier molecular flexibility index (Phi) is 4.73. The number of halogens is 8. The van der Waals surface area contributed by atoms with Gasteiger partial charge in [0.2, 0.25) is 0 Å². The standard InChI is InChI=1S/C10F7.BrH.Mg/c11-3-1-2-4(7(14)6(3)13)8(15)10(17)9(16)5(2)12;;/h;1H;/q;;+1/p-1. The Balaban J connectivity index is 0.00000180. The van der Waals surface area contributed by atoms with E-state index in [0.29, 0.717) is 21.7 Å². The van der Waals surface area contributed by atoms with Crippen LogP contribution in [0.4, 0.5) is 30.7 Å². The Morgan fingerprint density at radius 3 is 1.21 bits per heavy atom. The number of hydrogen-bond donors (Lipinski definition) is 0. The summed E-state index contributed by atoms with van der Waals surface area (Å²) in [6, 6.07) is 0. The van der Waals surface area contributed by atoms with Crippen LogP contribution in [0, 0.1) is 40.7 Å². The summed E-state index contributed by atoms with van der Waals surface area (Å²) in [5.41, 5.74) is 0. The van der Waals surface area contributed by atoms with Gasteiger partial charge in [-0.15, -0.1) is 0 Å². The molecule has 0 aromatic heterocycles. The van der Waals surface area contributed by atoms with Crippen LogP contribution in [0.15, 0.2) is 0 Å². The molecule has 0 atom stereocenters. The summed E-state index contributed by atoms with van der Waals surface area (Å²) in [4.78, 5) is 0. The average molecular weight is 357 g/mol. The number of rotatable bonds is 0. The van der Waals surface area contributed by atoms with Crippen LogP contribution in [-0.2, 0) is 0 Å². The van der Waals surface area contributed by atoms with Crippen molar-refractivity contribution in [3.63, 3.8) is 0 Å². The van der Waals surface area contributed by atoms with E-state index in [9.17, 15) is 30.7 Å². The largest absolute Gasteiger partial charge is 1.00 e. The molecule has 0 aliphatic heterocycles. The minimum Gasteiger partial charge on any atom is -1.00 e. The van der Waals surface area contributed by atoms with E-state index < -0.39 is 55.2 Å². The van der Waals surface area contributed by atoms with E-state index in [1.807, 2.05) is 0 Å². The molecular formula is C10BrF7Mg. The first-order valence-electron chi connectivity index (χ1n) is 4.43. The second-order valence-electron chi connectivity index (χ2n) is 3.43. The maximum Gasteiger partial charge on any atom is -1.00 e. The maximum absolute atomic E-state index is 13.4. The van der Waals surface area contributed by atoms with E-state index in [1.54, 1.807) is 0 Å². The topological polar surface area (TPSA) is 0 Å². The van der Waals surface area contributed by atoms with Crippen LogP contribution in [0.3, 0.4) is 0 Å². The van der Waals surface area contributed by atoms with Gasteiger partial charge in [-0.05, 0) is 0 Å². The molecule has 98 valence electrons. The van der Waals surface area contributed by atoms with E-state index in [-0.39, 0.29) is 17.0 Å². The van der Waals surface area contributed by atoms with Gasteiger partial charge in [0, 0.05) is 0 Å². The molecule has 0 amide bonds. The molecule has 0 aliphatic rings. The molecule has 0 saturated heterocycles. The van der Waals surface area contributed by atoms with Gasteiger partial charge < -0.3 is 17.0 Å².